The van der Waals surface area contributed by atoms with Crippen LogP contribution in [0.5, 0.6) is 0 Å². The number of aliphatic hydroxyl groups is 1. The Labute approximate surface area is 86.8 Å². The van der Waals surface area contributed by atoms with E-state index in [1.54, 1.807) is 0 Å². The summed E-state index contributed by atoms with van der Waals surface area (Å²) < 4.78 is 5.76. The lowest BCUT2D eigenvalue weighted by atomic mass is 9.90. The van der Waals surface area contributed by atoms with Crippen LogP contribution in [0.3, 0.4) is 0 Å². The van der Waals surface area contributed by atoms with Crippen molar-refractivity contribution in [3.63, 3.8) is 0 Å². The van der Waals surface area contributed by atoms with Gasteiger partial charge in [-0.1, -0.05) is 6.92 Å². The highest BCUT2D eigenvalue weighted by Crippen LogP contribution is 2.27. The largest absolute Gasteiger partial charge is 0.396 e. The van der Waals surface area contributed by atoms with Crippen molar-refractivity contribution in [1.29, 1.82) is 0 Å². The highest BCUT2D eigenvalue weighted by atomic mass is 16.5. The Morgan fingerprint density at radius 3 is 3.00 bits per heavy atom. The summed E-state index contributed by atoms with van der Waals surface area (Å²) in [5, 5.41) is 12.2. The molecule has 1 fully saturated rings. The highest BCUT2D eigenvalue weighted by Gasteiger charge is 2.30. The lowest BCUT2D eigenvalue weighted by Gasteiger charge is -2.38. The van der Waals surface area contributed by atoms with E-state index in [-0.39, 0.29) is 12.2 Å². The summed E-state index contributed by atoms with van der Waals surface area (Å²) >= 11 is 0. The topological polar surface area (TPSA) is 41.5 Å². The van der Waals surface area contributed by atoms with E-state index in [0.717, 1.165) is 38.8 Å². The standard InChI is InChI=1S/C11H23NO2/c1-3-11(2)9-10(5-8-14-11)12-6-4-7-13/h10,12-13H,3-9H2,1-2H3. The molecule has 0 bridgehead atoms. The molecule has 0 radical (unpaired) electrons. The average Bonchev–Trinajstić information content (AvgIpc) is 2.19. The summed E-state index contributed by atoms with van der Waals surface area (Å²) in [6.07, 6.45) is 4.11. The molecule has 84 valence electrons. The molecule has 0 aromatic rings. The van der Waals surface area contributed by atoms with Crippen molar-refractivity contribution in [1.82, 2.24) is 5.32 Å². The van der Waals surface area contributed by atoms with E-state index in [1.165, 1.54) is 0 Å². The zero-order valence-electron chi connectivity index (χ0n) is 9.38. The molecule has 0 aliphatic carbocycles. The van der Waals surface area contributed by atoms with Crippen molar-refractivity contribution in [2.75, 3.05) is 19.8 Å². The number of aliphatic hydroxyl groups excluding tert-OH is 1. The second-order valence-corrected chi connectivity index (χ2v) is 4.37. The summed E-state index contributed by atoms with van der Waals surface area (Å²) in [6, 6.07) is 0.570. The molecule has 1 rings (SSSR count). The van der Waals surface area contributed by atoms with Gasteiger partial charge in [0.25, 0.3) is 0 Å². The average molecular weight is 201 g/mol. The minimum atomic E-state index is 0.0646. The summed E-state index contributed by atoms with van der Waals surface area (Å²) in [5.41, 5.74) is 0.0646. The van der Waals surface area contributed by atoms with Crippen molar-refractivity contribution >= 4 is 0 Å². The third-order valence-corrected chi connectivity index (χ3v) is 3.11. The fraction of sp³-hybridized carbons (Fsp3) is 1.00. The Kier molecular flexibility index (Phi) is 4.85. The smallest absolute Gasteiger partial charge is 0.0666 e. The van der Waals surface area contributed by atoms with E-state index in [4.69, 9.17) is 9.84 Å². The molecule has 1 aliphatic heterocycles. The Hall–Kier alpha value is -0.120. The molecule has 1 aliphatic rings. The Bertz CT molecular complexity index is 163. The fourth-order valence-corrected chi connectivity index (χ4v) is 1.94. The number of hydrogen-bond donors (Lipinski definition) is 2. The van der Waals surface area contributed by atoms with Crippen LogP contribution in [0.2, 0.25) is 0 Å². The molecule has 2 unspecified atom stereocenters. The zero-order valence-corrected chi connectivity index (χ0v) is 9.38. The molecule has 0 aromatic carbocycles. The van der Waals surface area contributed by atoms with Crippen LogP contribution in [0.15, 0.2) is 0 Å². The zero-order chi connectivity index (χ0) is 10.4. The quantitative estimate of drug-likeness (QED) is 0.659. The van der Waals surface area contributed by atoms with E-state index in [2.05, 4.69) is 19.2 Å². The molecule has 3 nitrogen and oxygen atoms in total. The maximum Gasteiger partial charge on any atom is 0.0666 e. The van der Waals surface area contributed by atoms with E-state index in [1.807, 2.05) is 0 Å². The predicted octanol–water partition coefficient (Wildman–Crippen LogP) is 1.31. The molecule has 0 aromatic heterocycles. The van der Waals surface area contributed by atoms with Crippen LogP contribution in [-0.4, -0.2) is 36.5 Å². The van der Waals surface area contributed by atoms with Gasteiger partial charge in [0.15, 0.2) is 0 Å². The third-order valence-electron chi connectivity index (χ3n) is 3.11. The van der Waals surface area contributed by atoms with Gasteiger partial charge in [0, 0.05) is 19.3 Å². The van der Waals surface area contributed by atoms with Crippen molar-refractivity contribution in [2.45, 2.75) is 51.2 Å². The fourth-order valence-electron chi connectivity index (χ4n) is 1.94. The second kappa shape index (κ2) is 5.69. The van der Waals surface area contributed by atoms with Gasteiger partial charge in [-0.05, 0) is 39.2 Å². The Morgan fingerprint density at radius 1 is 1.57 bits per heavy atom. The predicted molar refractivity (Wildman–Crippen MR) is 57.4 cm³/mol. The normalized spacial score (nSPS) is 33.2. The highest BCUT2D eigenvalue weighted by molar-refractivity contribution is 4.85. The molecule has 3 heteroatoms. The van der Waals surface area contributed by atoms with Crippen LogP contribution in [0.25, 0.3) is 0 Å². The first-order valence-electron chi connectivity index (χ1n) is 5.68. The number of nitrogens with one attached hydrogen (secondary N) is 1. The minimum absolute atomic E-state index is 0.0646. The molecular weight excluding hydrogens is 178 g/mol. The van der Waals surface area contributed by atoms with Crippen molar-refractivity contribution in [3.8, 4) is 0 Å². The number of rotatable bonds is 5. The van der Waals surface area contributed by atoms with Crippen molar-refractivity contribution < 1.29 is 9.84 Å². The molecule has 2 N–H and O–H groups in total. The van der Waals surface area contributed by atoms with Gasteiger partial charge in [-0.15, -0.1) is 0 Å². The second-order valence-electron chi connectivity index (χ2n) is 4.37. The van der Waals surface area contributed by atoms with Crippen LogP contribution in [0, 0.1) is 0 Å². The molecule has 0 saturated carbocycles. The van der Waals surface area contributed by atoms with Crippen LogP contribution in [0.1, 0.15) is 39.5 Å². The molecule has 1 saturated heterocycles. The van der Waals surface area contributed by atoms with Gasteiger partial charge in [-0.3, -0.25) is 0 Å². The first kappa shape index (κ1) is 12.0. The Balaban J connectivity index is 2.25. The lowest BCUT2D eigenvalue weighted by Crippen LogP contribution is -2.45. The van der Waals surface area contributed by atoms with Gasteiger partial charge < -0.3 is 15.2 Å². The van der Waals surface area contributed by atoms with Gasteiger partial charge in [0.05, 0.1) is 5.60 Å². The van der Waals surface area contributed by atoms with E-state index in [9.17, 15) is 0 Å². The van der Waals surface area contributed by atoms with Gasteiger partial charge in [-0.2, -0.15) is 0 Å². The Morgan fingerprint density at radius 2 is 2.36 bits per heavy atom. The third kappa shape index (κ3) is 3.56. The van der Waals surface area contributed by atoms with Gasteiger partial charge in [-0.25, -0.2) is 0 Å². The van der Waals surface area contributed by atoms with Crippen LogP contribution >= 0.6 is 0 Å². The van der Waals surface area contributed by atoms with Gasteiger partial charge in [0.2, 0.25) is 0 Å². The van der Waals surface area contributed by atoms with E-state index < -0.39 is 0 Å². The number of ether oxygens (including phenoxy) is 1. The molecule has 14 heavy (non-hydrogen) atoms. The van der Waals surface area contributed by atoms with E-state index >= 15 is 0 Å². The summed E-state index contributed by atoms with van der Waals surface area (Å²) in [5.74, 6) is 0. The maximum absolute atomic E-state index is 8.68. The molecule has 0 spiro atoms. The maximum atomic E-state index is 8.68. The summed E-state index contributed by atoms with van der Waals surface area (Å²) in [4.78, 5) is 0. The van der Waals surface area contributed by atoms with E-state index in [0.29, 0.717) is 6.04 Å². The molecular formula is C11H23NO2. The molecule has 0 amide bonds. The van der Waals surface area contributed by atoms with Gasteiger partial charge in [0.1, 0.15) is 0 Å². The first-order chi connectivity index (χ1) is 6.70. The SMILES string of the molecule is CCC1(C)CC(NCCCO)CCO1. The van der Waals surface area contributed by atoms with Crippen LogP contribution in [-0.2, 0) is 4.74 Å². The lowest BCUT2D eigenvalue weighted by molar-refractivity contribution is -0.0779. The molecule has 2 atom stereocenters. The minimum Gasteiger partial charge on any atom is -0.396 e. The summed E-state index contributed by atoms with van der Waals surface area (Å²) in [7, 11) is 0. The monoisotopic (exact) mass is 201 g/mol. The van der Waals surface area contributed by atoms with Crippen molar-refractivity contribution in [2.24, 2.45) is 0 Å². The van der Waals surface area contributed by atoms with Gasteiger partial charge >= 0.3 is 0 Å². The van der Waals surface area contributed by atoms with Crippen LogP contribution < -0.4 is 5.32 Å². The van der Waals surface area contributed by atoms with Crippen molar-refractivity contribution in [3.05, 3.63) is 0 Å². The summed E-state index contributed by atoms with van der Waals surface area (Å²) in [6.45, 7) is 6.42. The van der Waals surface area contributed by atoms with Crippen LogP contribution in [0.4, 0.5) is 0 Å². The molecule has 1 heterocycles. The first-order valence-corrected chi connectivity index (χ1v) is 5.68. The number of hydrogen-bond acceptors (Lipinski definition) is 3.